The average molecular weight is 212 g/mol. The molecule has 1 N–H and O–H groups in total. The van der Waals surface area contributed by atoms with Crippen molar-refractivity contribution in [2.75, 3.05) is 0 Å². The van der Waals surface area contributed by atoms with Gasteiger partial charge in [-0.05, 0) is 18.2 Å². The molecule has 0 unspecified atom stereocenters. The van der Waals surface area contributed by atoms with E-state index in [1.807, 2.05) is 6.07 Å². The van der Waals surface area contributed by atoms with Crippen molar-refractivity contribution < 1.29 is 5.11 Å². The lowest BCUT2D eigenvalue weighted by atomic mass is 10.1. The molecule has 0 atom stereocenters. The summed E-state index contributed by atoms with van der Waals surface area (Å²) in [5.74, 6) is 0.223. The van der Waals surface area contributed by atoms with E-state index in [0.29, 0.717) is 10.9 Å². The van der Waals surface area contributed by atoms with Gasteiger partial charge in [0.2, 0.25) is 0 Å². The first-order valence-corrected chi connectivity index (χ1v) is 4.18. The molecular formula is C8H6BrNO. The number of nitriles is 1. The van der Waals surface area contributed by atoms with Crippen LogP contribution in [0.4, 0.5) is 0 Å². The molecule has 56 valence electrons. The van der Waals surface area contributed by atoms with Crippen molar-refractivity contribution in [3.05, 3.63) is 29.3 Å². The zero-order valence-corrected chi connectivity index (χ0v) is 7.30. The summed E-state index contributed by atoms with van der Waals surface area (Å²) in [4.78, 5) is 0. The summed E-state index contributed by atoms with van der Waals surface area (Å²) < 4.78 is 0. The summed E-state index contributed by atoms with van der Waals surface area (Å²) in [5.41, 5.74) is 1.31. The molecule has 0 radical (unpaired) electrons. The minimum Gasteiger partial charge on any atom is -0.508 e. The number of hydrogen-bond donors (Lipinski definition) is 1. The summed E-state index contributed by atoms with van der Waals surface area (Å²) in [6, 6.07) is 6.76. The number of phenols is 1. The van der Waals surface area contributed by atoms with Gasteiger partial charge in [0, 0.05) is 10.9 Å². The van der Waals surface area contributed by atoms with Crippen LogP contribution in [0.3, 0.4) is 0 Å². The van der Waals surface area contributed by atoms with E-state index >= 15 is 0 Å². The highest BCUT2D eigenvalue weighted by Gasteiger charge is 1.99. The van der Waals surface area contributed by atoms with Crippen LogP contribution in [0.2, 0.25) is 0 Å². The van der Waals surface area contributed by atoms with Gasteiger partial charge in [-0.1, -0.05) is 15.9 Å². The Balaban J connectivity index is 3.15. The van der Waals surface area contributed by atoms with Crippen molar-refractivity contribution in [1.82, 2.24) is 0 Å². The zero-order valence-electron chi connectivity index (χ0n) is 5.71. The largest absolute Gasteiger partial charge is 0.508 e. The lowest BCUT2D eigenvalue weighted by molar-refractivity contribution is 0.470. The Labute approximate surface area is 73.2 Å². The second-order valence-electron chi connectivity index (χ2n) is 2.09. The van der Waals surface area contributed by atoms with Crippen molar-refractivity contribution in [1.29, 1.82) is 5.26 Å². The fourth-order valence-electron chi connectivity index (χ4n) is 0.762. The quantitative estimate of drug-likeness (QED) is 0.724. The summed E-state index contributed by atoms with van der Waals surface area (Å²) in [6.45, 7) is 0. The first-order valence-electron chi connectivity index (χ1n) is 3.06. The third kappa shape index (κ3) is 1.72. The molecule has 0 saturated heterocycles. The summed E-state index contributed by atoms with van der Waals surface area (Å²) in [7, 11) is 0. The first-order chi connectivity index (χ1) is 5.27. The van der Waals surface area contributed by atoms with Crippen LogP contribution >= 0.6 is 15.9 Å². The van der Waals surface area contributed by atoms with Gasteiger partial charge in [-0.15, -0.1) is 0 Å². The van der Waals surface area contributed by atoms with Crippen molar-refractivity contribution in [3.8, 4) is 11.8 Å². The Hall–Kier alpha value is -1.01. The predicted octanol–water partition coefficient (Wildman–Crippen LogP) is 2.16. The molecule has 1 rings (SSSR count). The van der Waals surface area contributed by atoms with Gasteiger partial charge in [0.25, 0.3) is 0 Å². The lowest BCUT2D eigenvalue weighted by Gasteiger charge is -1.98. The van der Waals surface area contributed by atoms with E-state index in [9.17, 15) is 5.11 Å². The predicted molar refractivity (Wildman–Crippen MR) is 45.5 cm³/mol. The van der Waals surface area contributed by atoms with Gasteiger partial charge < -0.3 is 5.11 Å². The molecular weight excluding hydrogens is 206 g/mol. The number of benzene rings is 1. The molecule has 0 spiro atoms. The van der Waals surface area contributed by atoms with Gasteiger partial charge in [-0.25, -0.2) is 0 Å². The fraction of sp³-hybridized carbons (Fsp3) is 0.125. The number of phenolic OH excluding ortho intramolecular Hbond substituents is 1. The van der Waals surface area contributed by atoms with E-state index in [2.05, 4.69) is 15.9 Å². The standard InChI is InChI=1S/C8H6BrNO/c9-4-7-3-6(5-10)1-2-8(7)11/h1-3,11H,4H2. The number of halogens is 1. The molecule has 0 amide bonds. The molecule has 0 aliphatic rings. The molecule has 1 aromatic rings. The van der Waals surface area contributed by atoms with Crippen LogP contribution in [0.1, 0.15) is 11.1 Å². The van der Waals surface area contributed by atoms with Gasteiger partial charge in [0.05, 0.1) is 11.6 Å². The molecule has 3 heteroatoms. The van der Waals surface area contributed by atoms with Crippen LogP contribution in [0.5, 0.6) is 5.75 Å². The van der Waals surface area contributed by atoms with E-state index < -0.39 is 0 Å². The van der Waals surface area contributed by atoms with E-state index in [-0.39, 0.29) is 5.75 Å². The molecule has 0 aromatic heterocycles. The molecule has 2 nitrogen and oxygen atoms in total. The molecule has 0 saturated carbocycles. The summed E-state index contributed by atoms with van der Waals surface area (Å²) in [5, 5.41) is 18.3. The molecule has 0 fully saturated rings. The second-order valence-corrected chi connectivity index (χ2v) is 2.65. The van der Waals surface area contributed by atoms with E-state index in [1.165, 1.54) is 6.07 Å². The minimum atomic E-state index is 0.223. The Kier molecular flexibility index (Phi) is 2.50. The van der Waals surface area contributed by atoms with Gasteiger partial charge in [-0.2, -0.15) is 5.26 Å². The van der Waals surface area contributed by atoms with Crippen LogP contribution in [-0.2, 0) is 5.33 Å². The monoisotopic (exact) mass is 211 g/mol. The van der Waals surface area contributed by atoms with E-state index in [1.54, 1.807) is 12.1 Å². The van der Waals surface area contributed by atoms with Crippen molar-refractivity contribution in [2.24, 2.45) is 0 Å². The number of rotatable bonds is 1. The molecule has 11 heavy (non-hydrogen) atoms. The van der Waals surface area contributed by atoms with Gasteiger partial charge >= 0.3 is 0 Å². The first kappa shape index (κ1) is 8.09. The molecule has 0 heterocycles. The highest BCUT2D eigenvalue weighted by molar-refractivity contribution is 9.08. The number of alkyl halides is 1. The van der Waals surface area contributed by atoms with Crippen molar-refractivity contribution >= 4 is 15.9 Å². The third-order valence-electron chi connectivity index (χ3n) is 1.35. The van der Waals surface area contributed by atoms with Crippen LogP contribution in [0, 0.1) is 11.3 Å². The lowest BCUT2D eigenvalue weighted by Crippen LogP contribution is -1.81. The number of nitrogens with zero attached hydrogens (tertiary/aromatic N) is 1. The van der Waals surface area contributed by atoms with Crippen LogP contribution in [0.15, 0.2) is 18.2 Å². The second kappa shape index (κ2) is 3.40. The van der Waals surface area contributed by atoms with Crippen LogP contribution in [0.25, 0.3) is 0 Å². The molecule has 1 aromatic carbocycles. The van der Waals surface area contributed by atoms with Crippen molar-refractivity contribution in [2.45, 2.75) is 5.33 Å². The maximum absolute atomic E-state index is 9.19. The summed E-state index contributed by atoms with van der Waals surface area (Å²) in [6.07, 6.45) is 0. The topological polar surface area (TPSA) is 44.0 Å². The fourth-order valence-corrected chi connectivity index (χ4v) is 1.21. The molecule has 0 aliphatic heterocycles. The van der Waals surface area contributed by atoms with Crippen LogP contribution in [-0.4, -0.2) is 5.11 Å². The van der Waals surface area contributed by atoms with E-state index in [4.69, 9.17) is 5.26 Å². The number of aromatic hydroxyl groups is 1. The normalized spacial score (nSPS) is 9.09. The minimum absolute atomic E-state index is 0.223. The maximum Gasteiger partial charge on any atom is 0.119 e. The maximum atomic E-state index is 9.19. The Morgan fingerprint density at radius 2 is 2.27 bits per heavy atom. The molecule has 0 aliphatic carbocycles. The highest BCUT2D eigenvalue weighted by atomic mass is 79.9. The third-order valence-corrected chi connectivity index (χ3v) is 1.96. The summed E-state index contributed by atoms with van der Waals surface area (Å²) >= 11 is 3.20. The molecule has 0 bridgehead atoms. The van der Waals surface area contributed by atoms with Crippen LogP contribution < -0.4 is 0 Å². The van der Waals surface area contributed by atoms with Crippen molar-refractivity contribution in [3.63, 3.8) is 0 Å². The zero-order chi connectivity index (χ0) is 8.27. The average Bonchev–Trinajstić information content (AvgIpc) is 2.05. The Morgan fingerprint density at radius 3 is 2.82 bits per heavy atom. The Bertz CT molecular complexity index is 303. The van der Waals surface area contributed by atoms with E-state index in [0.717, 1.165) is 5.56 Å². The van der Waals surface area contributed by atoms with Gasteiger partial charge in [0.15, 0.2) is 0 Å². The Morgan fingerprint density at radius 1 is 1.55 bits per heavy atom. The SMILES string of the molecule is N#Cc1ccc(O)c(CBr)c1. The smallest absolute Gasteiger partial charge is 0.119 e. The highest BCUT2D eigenvalue weighted by Crippen LogP contribution is 2.20. The number of hydrogen-bond acceptors (Lipinski definition) is 2. The van der Waals surface area contributed by atoms with Gasteiger partial charge in [-0.3, -0.25) is 0 Å². The van der Waals surface area contributed by atoms with Gasteiger partial charge in [0.1, 0.15) is 5.75 Å².